The zero-order valence-corrected chi connectivity index (χ0v) is 14.4. The Morgan fingerprint density at radius 3 is 2.83 bits per heavy atom. The number of fused-ring (bicyclic) bond motifs is 1. The predicted molar refractivity (Wildman–Crippen MR) is 95.3 cm³/mol. The summed E-state index contributed by atoms with van der Waals surface area (Å²) in [5.41, 5.74) is 2.45. The minimum Gasteiger partial charge on any atom is -0.463 e. The molecule has 1 fully saturated rings. The van der Waals surface area contributed by atoms with Crippen molar-refractivity contribution in [3.63, 3.8) is 0 Å². The third-order valence-electron chi connectivity index (χ3n) is 4.12. The molecule has 0 saturated carbocycles. The SMILES string of the molecule is CCOC(=O)C1=C(c2ccccc2)N=C2SCCCN2C1CC. The van der Waals surface area contributed by atoms with E-state index in [4.69, 9.17) is 9.73 Å². The quantitative estimate of drug-likeness (QED) is 0.792. The molecule has 122 valence electrons. The molecule has 1 atom stereocenters. The van der Waals surface area contributed by atoms with E-state index in [0.717, 1.165) is 41.6 Å². The first-order valence-corrected chi connectivity index (χ1v) is 9.19. The molecular weight excluding hydrogens is 308 g/mol. The third-order valence-corrected chi connectivity index (χ3v) is 5.20. The van der Waals surface area contributed by atoms with Gasteiger partial charge in [-0.1, -0.05) is 49.0 Å². The van der Waals surface area contributed by atoms with E-state index in [1.54, 1.807) is 11.8 Å². The largest absolute Gasteiger partial charge is 0.463 e. The highest BCUT2D eigenvalue weighted by Crippen LogP contribution is 2.36. The van der Waals surface area contributed by atoms with E-state index in [-0.39, 0.29) is 12.0 Å². The summed E-state index contributed by atoms with van der Waals surface area (Å²) in [5.74, 6) is 0.847. The van der Waals surface area contributed by atoms with Crippen molar-refractivity contribution in [2.24, 2.45) is 4.99 Å². The predicted octanol–water partition coefficient (Wildman–Crippen LogP) is 3.55. The molecule has 23 heavy (non-hydrogen) atoms. The fourth-order valence-corrected chi connectivity index (χ4v) is 4.11. The minimum absolute atomic E-state index is 0.0459. The number of carbonyl (C=O) groups is 1. The number of rotatable bonds is 4. The van der Waals surface area contributed by atoms with E-state index < -0.39 is 0 Å². The molecule has 1 unspecified atom stereocenters. The number of ether oxygens (including phenoxy) is 1. The number of amidine groups is 1. The van der Waals surface area contributed by atoms with Crippen molar-refractivity contribution in [2.75, 3.05) is 18.9 Å². The summed E-state index contributed by atoms with van der Waals surface area (Å²) in [4.78, 5) is 19.8. The maximum atomic E-state index is 12.6. The van der Waals surface area contributed by atoms with Crippen LogP contribution in [0.2, 0.25) is 0 Å². The van der Waals surface area contributed by atoms with Gasteiger partial charge in [0.05, 0.1) is 23.9 Å². The summed E-state index contributed by atoms with van der Waals surface area (Å²) in [6.45, 7) is 5.30. The molecule has 0 N–H and O–H groups in total. The van der Waals surface area contributed by atoms with Crippen LogP contribution < -0.4 is 0 Å². The Morgan fingerprint density at radius 2 is 2.13 bits per heavy atom. The molecule has 0 aliphatic carbocycles. The number of hydrogen-bond donors (Lipinski definition) is 0. The second-order valence-corrected chi connectivity index (χ2v) is 6.62. The first-order chi connectivity index (χ1) is 11.3. The van der Waals surface area contributed by atoms with Crippen LogP contribution in [-0.4, -0.2) is 41.0 Å². The number of carbonyl (C=O) groups excluding carboxylic acids is 1. The van der Waals surface area contributed by atoms with Crippen molar-refractivity contribution >= 4 is 28.6 Å². The molecule has 0 spiro atoms. The summed E-state index contributed by atoms with van der Waals surface area (Å²) in [5, 5.41) is 1.04. The fourth-order valence-electron chi connectivity index (χ4n) is 3.11. The number of esters is 1. The molecular formula is C18H22N2O2S. The highest BCUT2D eigenvalue weighted by Gasteiger charge is 2.37. The smallest absolute Gasteiger partial charge is 0.338 e. The Bertz CT molecular complexity index is 640. The molecule has 1 aromatic carbocycles. The van der Waals surface area contributed by atoms with E-state index in [2.05, 4.69) is 11.8 Å². The highest BCUT2D eigenvalue weighted by molar-refractivity contribution is 8.13. The van der Waals surface area contributed by atoms with Gasteiger partial charge in [0.15, 0.2) is 5.17 Å². The van der Waals surface area contributed by atoms with Gasteiger partial charge >= 0.3 is 5.97 Å². The van der Waals surface area contributed by atoms with Crippen LogP contribution in [-0.2, 0) is 9.53 Å². The van der Waals surface area contributed by atoms with Gasteiger partial charge < -0.3 is 9.64 Å². The molecule has 5 heteroatoms. The van der Waals surface area contributed by atoms with Crippen molar-refractivity contribution in [3.05, 3.63) is 41.5 Å². The van der Waals surface area contributed by atoms with Crippen molar-refractivity contribution in [3.8, 4) is 0 Å². The Labute approximate surface area is 141 Å². The Balaban J connectivity index is 2.13. The van der Waals surface area contributed by atoms with Crippen LogP contribution in [0, 0.1) is 0 Å². The third kappa shape index (κ3) is 3.15. The van der Waals surface area contributed by atoms with Crippen molar-refractivity contribution in [1.82, 2.24) is 4.90 Å². The van der Waals surface area contributed by atoms with Crippen molar-refractivity contribution in [1.29, 1.82) is 0 Å². The molecule has 4 nitrogen and oxygen atoms in total. The van der Waals surface area contributed by atoms with Crippen LogP contribution in [0.1, 0.15) is 32.3 Å². The summed E-state index contributed by atoms with van der Waals surface area (Å²) < 4.78 is 5.35. The fraction of sp³-hybridized carbons (Fsp3) is 0.444. The number of aliphatic imine (C=N–C) groups is 1. The maximum Gasteiger partial charge on any atom is 0.338 e. The van der Waals surface area contributed by atoms with E-state index in [9.17, 15) is 4.79 Å². The normalized spacial score (nSPS) is 20.9. The van der Waals surface area contributed by atoms with E-state index in [0.29, 0.717) is 12.2 Å². The zero-order valence-electron chi connectivity index (χ0n) is 13.6. The lowest BCUT2D eigenvalue weighted by Gasteiger charge is -2.40. The minimum atomic E-state index is -0.239. The average Bonchev–Trinajstić information content (AvgIpc) is 2.61. The zero-order chi connectivity index (χ0) is 16.2. The average molecular weight is 330 g/mol. The van der Waals surface area contributed by atoms with E-state index in [1.165, 1.54) is 0 Å². The Morgan fingerprint density at radius 1 is 1.35 bits per heavy atom. The van der Waals surface area contributed by atoms with Crippen LogP contribution in [0.4, 0.5) is 0 Å². The van der Waals surface area contributed by atoms with Gasteiger partial charge in [-0.15, -0.1) is 0 Å². The van der Waals surface area contributed by atoms with Gasteiger partial charge in [0.1, 0.15) is 0 Å². The van der Waals surface area contributed by atoms with Crippen molar-refractivity contribution in [2.45, 2.75) is 32.7 Å². The second kappa shape index (κ2) is 7.21. The van der Waals surface area contributed by atoms with Crippen molar-refractivity contribution < 1.29 is 9.53 Å². The number of thioether (sulfide) groups is 1. The molecule has 0 amide bonds. The van der Waals surface area contributed by atoms with Crippen LogP contribution in [0.25, 0.3) is 5.70 Å². The Kier molecular flexibility index (Phi) is 5.06. The van der Waals surface area contributed by atoms with Gasteiger partial charge in [-0.25, -0.2) is 9.79 Å². The molecule has 0 radical (unpaired) electrons. The summed E-state index contributed by atoms with van der Waals surface area (Å²) >= 11 is 1.78. The van der Waals surface area contributed by atoms with Gasteiger partial charge in [-0.3, -0.25) is 0 Å². The van der Waals surface area contributed by atoms with Gasteiger partial charge in [0.2, 0.25) is 0 Å². The van der Waals surface area contributed by atoms with Gasteiger partial charge in [-0.05, 0) is 19.8 Å². The number of benzene rings is 1. The molecule has 2 aliphatic heterocycles. The molecule has 1 aromatic rings. The Hall–Kier alpha value is -1.75. The van der Waals surface area contributed by atoms with E-state index in [1.807, 2.05) is 37.3 Å². The summed E-state index contributed by atoms with van der Waals surface area (Å²) in [6, 6.07) is 10.00. The van der Waals surface area contributed by atoms with Gasteiger partial charge in [-0.2, -0.15) is 0 Å². The first kappa shape index (κ1) is 16.1. The lowest BCUT2D eigenvalue weighted by Crippen LogP contribution is -2.47. The monoisotopic (exact) mass is 330 g/mol. The van der Waals surface area contributed by atoms with Crippen LogP contribution >= 0.6 is 11.8 Å². The summed E-state index contributed by atoms with van der Waals surface area (Å²) in [6.07, 6.45) is 1.99. The molecule has 2 heterocycles. The standard InChI is InChI=1S/C18H22N2O2S/c1-3-14-15(17(21)22-4-2)16(13-9-6-5-7-10-13)19-18-20(14)11-8-12-23-18/h5-7,9-10,14H,3-4,8,11-12H2,1-2H3. The topological polar surface area (TPSA) is 41.9 Å². The number of nitrogens with zero attached hydrogens (tertiary/aromatic N) is 2. The highest BCUT2D eigenvalue weighted by atomic mass is 32.2. The second-order valence-electron chi connectivity index (χ2n) is 5.56. The molecule has 2 aliphatic rings. The van der Waals surface area contributed by atoms with Crippen LogP contribution in [0.3, 0.4) is 0 Å². The molecule has 0 aromatic heterocycles. The lowest BCUT2D eigenvalue weighted by molar-refractivity contribution is -0.139. The molecule has 0 bridgehead atoms. The maximum absolute atomic E-state index is 12.6. The van der Waals surface area contributed by atoms with Gasteiger partial charge in [0, 0.05) is 17.9 Å². The lowest BCUT2D eigenvalue weighted by atomic mass is 9.95. The summed E-state index contributed by atoms with van der Waals surface area (Å²) in [7, 11) is 0. The van der Waals surface area contributed by atoms with Crippen LogP contribution in [0.15, 0.2) is 40.9 Å². The van der Waals surface area contributed by atoms with Gasteiger partial charge in [0.25, 0.3) is 0 Å². The van der Waals surface area contributed by atoms with Crippen LogP contribution in [0.5, 0.6) is 0 Å². The molecule has 3 rings (SSSR count). The number of hydrogen-bond acceptors (Lipinski definition) is 5. The first-order valence-electron chi connectivity index (χ1n) is 8.21. The molecule has 1 saturated heterocycles. The van der Waals surface area contributed by atoms with E-state index >= 15 is 0 Å².